The maximum Gasteiger partial charge on any atom is 0.235 e. The van der Waals surface area contributed by atoms with Gasteiger partial charge in [0.1, 0.15) is 11.5 Å². The number of ether oxygens (including phenoxy) is 2. The molecule has 1 N–H and O–H groups in total. The summed E-state index contributed by atoms with van der Waals surface area (Å²) >= 11 is 0. The number of methoxy groups -OCH3 is 2. The fourth-order valence-corrected chi connectivity index (χ4v) is 4.13. The molecule has 2 aromatic carbocycles. The second-order valence-electron chi connectivity index (χ2n) is 7.12. The Morgan fingerprint density at radius 1 is 0.962 bits per heavy atom. The van der Waals surface area contributed by atoms with Gasteiger partial charge in [-0.15, -0.1) is 0 Å². The Kier molecular flexibility index (Phi) is 5.21. The number of rotatable bonds is 5. The third kappa shape index (κ3) is 3.28. The molecule has 0 aliphatic heterocycles. The van der Waals surface area contributed by atoms with Crippen molar-refractivity contribution in [3.8, 4) is 11.5 Å². The van der Waals surface area contributed by atoms with Crippen molar-refractivity contribution in [2.75, 3.05) is 19.5 Å². The van der Waals surface area contributed by atoms with Gasteiger partial charge in [-0.05, 0) is 67.6 Å². The standard InChI is InChI=1S/C22H27NO3/c1-15-13-18(14-16(2)20(15)26-4)23-21(24)22(11-5-6-12-22)17-7-9-19(25-3)10-8-17/h7-10,13-14H,5-6,11-12H2,1-4H3,(H,23,24). The average molecular weight is 353 g/mol. The summed E-state index contributed by atoms with van der Waals surface area (Å²) in [6.07, 6.45) is 3.89. The normalized spacial score (nSPS) is 15.5. The van der Waals surface area contributed by atoms with E-state index in [0.717, 1.165) is 59.6 Å². The molecule has 1 saturated carbocycles. The lowest BCUT2D eigenvalue weighted by atomic mass is 9.78. The molecule has 4 nitrogen and oxygen atoms in total. The monoisotopic (exact) mass is 353 g/mol. The summed E-state index contributed by atoms with van der Waals surface area (Å²) in [6, 6.07) is 11.9. The van der Waals surface area contributed by atoms with Crippen molar-refractivity contribution in [3.05, 3.63) is 53.1 Å². The molecule has 138 valence electrons. The lowest BCUT2D eigenvalue weighted by Gasteiger charge is -2.28. The Balaban J connectivity index is 1.90. The first kappa shape index (κ1) is 18.3. The third-order valence-electron chi connectivity index (χ3n) is 5.46. The summed E-state index contributed by atoms with van der Waals surface area (Å²) in [7, 11) is 3.33. The Labute approximate surface area is 155 Å². The van der Waals surface area contributed by atoms with Crippen molar-refractivity contribution in [2.45, 2.75) is 44.9 Å². The van der Waals surface area contributed by atoms with Crippen LogP contribution in [0.4, 0.5) is 5.69 Å². The number of hydrogen-bond acceptors (Lipinski definition) is 3. The second kappa shape index (κ2) is 7.40. The van der Waals surface area contributed by atoms with Crippen LogP contribution in [0.25, 0.3) is 0 Å². The number of anilines is 1. The SMILES string of the molecule is COc1ccc(C2(C(=O)Nc3cc(C)c(OC)c(C)c3)CCCC2)cc1. The first-order chi connectivity index (χ1) is 12.5. The summed E-state index contributed by atoms with van der Waals surface area (Å²) < 4.78 is 10.7. The minimum Gasteiger partial charge on any atom is -0.497 e. The molecule has 4 heteroatoms. The van der Waals surface area contributed by atoms with E-state index in [1.165, 1.54) is 0 Å². The zero-order valence-electron chi connectivity index (χ0n) is 16.0. The van der Waals surface area contributed by atoms with E-state index < -0.39 is 5.41 Å². The van der Waals surface area contributed by atoms with Crippen LogP contribution in [-0.4, -0.2) is 20.1 Å². The van der Waals surface area contributed by atoms with Gasteiger partial charge in [0.2, 0.25) is 5.91 Å². The maximum atomic E-state index is 13.3. The van der Waals surface area contributed by atoms with Gasteiger partial charge < -0.3 is 14.8 Å². The predicted molar refractivity (Wildman–Crippen MR) is 104 cm³/mol. The van der Waals surface area contributed by atoms with Gasteiger partial charge in [-0.3, -0.25) is 4.79 Å². The Bertz CT molecular complexity index is 767. The van der Waals surface area contributed by atoms with Gasteiger partial charge in [-0.2, -0.15) is 0 Å². The smallest absolute Gasteiger partial charge is 0.235 e. The number of hydrogen-bond donors (Lipinski definition) is 1. The fraction of sp³-hybridized carbons (Fsp3) is 0.409. The number of benzene rings is 2. The summed E-state index contributed by atoms with van der Waals surface area (Å²) in [6.45, 7) is 3.99. The van der Waals surface area contributed by atoms with E-state index in [0.29, 0.717) is 0 Å². The van der Waals surface area contributed by atoms with Crippen LogP contribution in [0.5, 0.6) is 11.5 Å². The molecule has 3 rings (SSSR count). The highest BCUT2D eigenvalue weighted by Gasteiger charge is 2.42. The lowest BCUT2D eigenvalue weighted by molar-refractivity contribution is -0.121. The van der Waals surface area contributed by atoms with Crippen LogP contribution in [0.3, 0.4) is 0 Å². The second-order valence-corrected chi connectivity index (χ2v) is 7.12. The van der Waals surface area contributed by atoms with E-state index in [9.17, 15) is 4.79 Å². The van der Waals surface area contributed by atoms with Gasteiger partial charge in [0, 0.05) is 5.69 Å². The van der Waals surface area contributed by atoms with E-state index in [-0.39, 0.29) is 5.91 Å². The van der Waals surface area contributed by atoms with E-state index in [1.807, 2.05) is 50.2 Å². The quantitative estimate of drug-likeness (QED) is 0.842. The van der Waals surface area contributed by atoms with Crippen LogP contribution in [-0.2, 0) is 10.2 Å². The molecule has 0 unspecified atom stereocenters. The van der Waals surface area contributed by atoms with Crippen LogP contribution < -0.4 is 14.8 Å². The van der Waals surface area contributed by atoms with Crippen LogP contribution in [0.1, 0.15) is 42.4 Å². The number of nitrogens with one attached hydrogen (secondary N) is 1. The van der Waals surface area contributed by atoms with Crippen LogP contribution in [0, 0.1) is 13.8 Å². The molecule has 0 atom stereocenters. The van der Waals surface area contributed by atoms with E-state index in [1.54, 1.807) is 14.2 Å². The van der Waals surface area contributed by atoms with Crippen LogP contribution >= 0.6 is 0 Å². The first-order valence-electron chi connectivity index (χ1n) is 9.11. The molecular weight excluding hydrogens is 326 g/mol. The van der Waals surface area contributed by atoms with Crippen molar-refractivity contribution in [3.63, 3.8) is 0 Å². The minimum atomic E-state index is -0.464. The molecule has 1 fully saturated rings. The largest absolute Gasteiger partial charge is 0.497 e. The lowest BCUT2D eigenvalue weighted by Crippen LogP contribution is -2.38. The topological polar surface area (TPSA) is 47.6 Å². The maximum absolute atomic E-state index is 13.3. The molecule has 1 aliphatic rings. The average Bonchev–Trinajstić information content (AvgIpc) is 3.13. The van der Waals surface area contributed by atoms with Crippen molar-refractivity contribution in [2.24, 2.45) is 0 Å². The fourth-order valence-electron chi connectivity index (χ4n) is 4.13. The van der Waals surface area contributed by atoms with Gasteiger partial charge >= 0.3 is 0 Å². The molecule has 0 saturated heterocycles. The summed E-state index contributed by atoms with van der Waals surface area (Å²) in [5.41, 5.74) is 3.47. The van der Waals surface area contributed by atoms with Gasteiger partial charge in [0.05, 0.1) is 19.6 Å². The summed E-state index contributed by atoms with van der Waals surface area (Å²) in [4.78, 5) is 13.3. The highest BCUT2D eigenvalue weighted by Crippen LogP contribution is 2.42. The van der Waals surface area contributed by atoms with Crippen molar-refractivity contribution in [1.29, 1.82) is 0 Å². The van der Waals surface area contributed by atoms with Crippen LogP contribution in [0.15, 0.2) is 36.4 Å². The van der Waals surface area contributed by atoms with Gasteiger partial charge in [-0.1, -0.05) is 25.0 Å². The minimum absolute atomic E-state index is 0.0733. The van der Waals surface area contributed by atoms with E-state index >= 15 is 0 Å². The van der Waals surface area contributed by atoms with Gasteiger partial charge in [-0.25, -0.2) is 0 Å². The first-order valence-corrected chi connectivity index (χ1v) is 9.11. The highest BCUT2D eigenvalue weighted by molar-refractivity contribution is 5.99. The van der Waals surface area contributed by atoms with E-state index in [4.69, 9.17) is 9.47 Å². The van der Waals surface area contributed by atoms with Crippen LogP contribution in [0.2, 0.25) is 0 Å². The van der Waals surface area contributed by atoms with E-state index in [2.05, 4.69) is 5.32 Å². The molecule has 2 aromatic rings. The molecule has 26 heavy (non-hydrogen) atoms. The Morgan fingerprint density at radius 2 is 1.54 bits per heavy atom. The number of carbonyl (C=O) groups is 1. The zero-order chi connectivity index (χ0) is 18.7. The summed E-state index contributed by atoms with van der Waals surface area (Å²) in [5.74, 6) is 1.75. The summed E-state index contributed by atoms with van der Waals surface area (Å²) in [5, 5.41) is 3.16. The van der Waals surface area contributed by atoms with Crippen molar-refractivity contribution < 1.29 is 14.3 Å². The van der Waals surface area contributed by atoms with Crippen molar-refractivity contribution >= 4 is 11.6 Å². The Morgan fingerprint density at radius 3 is 2.04 bits per heavy atom. The number of amides is 1. The zero-order valence-corrected chi connectivity index (χ0v) is 16.0. The van der Waals surface area contributed by atoms with Gasteiger partial charge in [0.15, 0.2) is 0 Å². The van der Waals surface area contributed by atoms with Gasteiger partial charge in [0.25, 0.3) is 0 Å². The number of carbonyl (C=O) groups excluding carboxylic acids is 1. The molecule has 1 aliphatic carbocycles. The molecule has 0 radical (unpaired) electrons. The van der Waals surface area contributed by atoms with Crippen molar-refractivity contribution in [1.82, 2.24) is 0 Å². The molecule has 1 amide bonds. The molecular formula is C22H27NO3. The number of aryl methyl sites for hydroxylation is 2. The molecule has 0 heterocycles. The molecule has 0 aromatic heterocycles. The third-order valence-corrected chi connectivity index (χ3v) is 5.46. The highest BCUT2D eigenvalue weighted by atomic mass is 16.5. The molecule has 0 spiro atoms. The molecule has 0 bridgehead atoms. The predicted octanol–water partition coefficient (Wildman–Crippen LogP) is 4.77. The Hall–Kier alpha value is -2.49.